The number of nitrogens with zero attached hydrogens (tertiary/aromatic N) is 6. The first kappa shape index (κ1) is 21.4. The van der Waals surface area contributed by atoms with Crippen molar-refractivity contribution in [3.05, 3.63) is 41.9 Å². The molecule has 2 N–H and O–H groups in total. The summed E-state index contributed by atoms with van der Waals surface area (Å²) >= 11 is 0. The number of nitrogens with one attached hydrogen (secondary N) is 2. The molecule has 2 aromatic heterocycles. The lowest BCUT2D eigenvalue weighted by Gasteiger charge is -2.33. The molecule has 148 valence electrons. The fraction of sp³-hybridized carbons (Fsp3) is 0.500. The molecule has 8 nitrogen and oxygen atoms in total. The molecule has 0 unspecified atom stereocenters. The van der Waals surface area contributed by atoms with Crippen molar-refractivity contribution in [1.29, 1.82) is 0 Å². The van der Waals surface area contributed by atoms with Crippen molar-refractivity contribution in [2.24, 2.45) is 12.0 Å². The first-order valence-corrected chi connectivity index (χ1v) is 8.95. The summed E-state index contributed by atoms with van der Waals surface area (Å²) < 4.78 is 1.85. The SMILES string of the molecule is CN=C(NCc1ccnc(N2CCN(C)CC2)c1)NCc1ccnn1C.I. The van der Waals surface area contributed by atoms with E-state index in [2.05, 4.69) is 48.6 Å². The van der Waals surface area contributed by atoms with E-state index in [4.69, 9.17) is 0 Å². The lowest BCUT2D eigenvalue weighted by atomic mass is 10.2. The van der Waals surface area contributed by atoms with Crippen LogP contribution in [0, 0.1) is 0 Å². The van der Waals surface area contributed by atoms with Crippen LogP contribution in [0.15, 0.2) is 35.6 Å². The average molecular weight is 484 g/mol. The highest BCUT2D eigenvalue weighted by atomic mass is 127. The van der Waals surface area contributed by atoms with E-state index in [0.717, 1.165) is 43.7 Å². The van der Waals surface area contributed by atoms with E-state index < -0.39 is 0 Å². The maximum absolute atomic E-state index is 4.54. The lowest BCUT2D eigenvalue weighted by molar-refractivity contribution is 0.312. The number of pyridine rings is 1. The topological polar surface area (TPSA) is 73.6 Å². The molecule has 27 heavy (non-hydrogen) atoms. The van der Waals surface area contributed by atoms with Crippen LogP contribution >= 0.6 is 24.0 Å². The molecule has 1 fully saturated rings. The molecule has 1 aliphatic heterocycles. The molecule has 1 saturated heterocycles. The number of aromatic nitrogens is 3. The predicted molar refractivity (Wildman–Crippen MR) is 120 cm³/mol. The molecule has 0 aromatic carbocycles. The summed E-state index contributed by atoms with van der Waals surface area (Å²) in [4.78, 5) is 13.5. The number of halogens is 1. The fourth-order valence-corrected chi connectivity index (χ4v) is 2.93. The summed E-state index contributed by atoms with van der Waals surface area (Å²) in [5.74, 6) is 1.82. The number of hydrogen-bond acceptors (Lipinski definition) is 5. The van der Waals surface area contributed by atoms with Gasteiger partial charge in [0.25, 0.3) is 0 Å². The largest absolute Gasteiger partial charge is 0.354 e. The van der Waals surface area contributed by atoms with Crippen molar-refractivity contribution in [3.8, 4) is 0 Å². The highest BCUT2D eigenvalue weighted by Crippen LogP contribution is 2.14. The van der Waals surface area contributed by atoms with Crippen LogP contribution < -0.4 is 15.5 Å². The zero-order valence-corrected chi connectivity index (χ0v) is 18.6. The zero-order valence-electron chi connectivity index (χ0n) is 16.2. The minimum absolute atomic E-state index is 0. The summed E-state index contributed by atoms with van der Waals surface area (Å²) in [5.41, 5.74) is 2.30. The lowest BCUT2D eigenvalue weighted by Crippen LogP contribution is -2.44. The molecule has 3 rings (SSSR count). The molecule has 0 atom stereocenters. The normalized spacial score (nSPS) is 15.4. The second-order valence-corrected chi connectivity index (χ2v) is 6.54. The van der Waals surface area contributed by atoms with Gasteiger partial charge < -0.3 is 20.4 Å². The van der Waals surface area contributed by atoms with Crippen molar-refractivity contribution in [2.75, 3.05) is 45.2 Å². The van der Waals surface area contributed by atoms with Crippen molar-refractivity contribution in [2.45, 2.75) is 13.1 Å². The van der Waals surface area contributed by atoms with Crippen molar-refractivity contribution in [1.82, 2.24) is 30.3 Å². The van der Waals surface area contributed by atoms with E-state index in [0.29, 0.717) is 13.1 Å². The van der Waals surface area contributed by atoms with Gasteiger partial charge >= 0.3 is 0 Å². The Morgan fingerprint density at radius 2 is 1.81 bits per heavy atom. The van der Waals surface area contributed by atoms with E-state index in [1.807, 2.05) is 30.1 Å². The Labute approximate surface area is 178 Å². The van der Waals surface area contributed by atoms with E-state index in [1.165, 1.54) is 5.56 Å². The summed E-state index contributed by atoms with van der Waals surface area (Å²) in [6, 6.07) is 6.19. The van der Waals surface area contributed by atoms with Gasteiger partial charge in [0.2, 0.25) is 0 Å². The van der Waals surface area contributed by atoms with E-state index in [-0.39, 0.29) is 24.0 Å². The third kappa shape index (κ3) is 6.06. The Balaban J connectivity index is 0.00000261. The van der Waals surface area contributed by atoms with Gasteiger partial charge in [-0.25, -0.2) is 4.98 Å². The number of rotatable bonds is 5. The van der Waals surface area contributed by atoms with Crippen LogP contribution in [0.25, 0.3) is 0 Å². The smallest absolute Gasteiger partial charge is 0.191 e. The number of likely N-dealkylation sites (N-methyl/N-ethyl adjacent to an activating group) is 1. The van der Waals surface area contributed by atoms with Crippen LogP contribution in [0.2, 0.25) is 0 Å². The number of guanidine groups is 1. The average Bonchev–Trinajstić information content (AvgIpc) is 3.08. The molecule has 0 radical (unpaired) electrons. The van der Waals surface area contributed by atoms with Gasteiger partial charge in [-0.1, -0.05) is 0 Å². The molecule has 3 heterocycles. The number of anilines is 1. The van der Waals surface area contributed by atoms with Crippen LogP contribution in [0.5, 0.6) is 0 Å². The highest BCUT2D eigenvalue weighted by Gasteiger charge is 2.15. The van der Waals surface area contributed by atoms with Gasteiger partial charge in [0.05, 0.1) is 12.2 Å². The van der Waals surface area contributed by atoms with Crippen LogP contribution in [0.4, 0.5) is 5.82 Å². The third-order valence-electron chi connectivity index (χ3n) is 4.68. The van der Waals surface area contributed by atoms with Gasteiger partial charge in [-0.3, -0.25) is 9.67 Å². The van der Waals surface area contributed by atoms with Crippen LogP contribution in [-0.4, -0.2) is 65.9 Å². The van der Waals surface area contributed by atoms with Crippen molar-refractivity contribution in [3.63, 3.8) is 0 Å². The molecule has 0 amide bonds. The Bertz CT molecular complexity index is 736. The van der Waals surface area contributed by atoms with Gasteiger partial charge in [-0.05, 0) is 30.8 Å². The first-order chi connectivity index (χ1) is 12.7. The summed E-state index contributed by atoms with van der Waals surface area (Å²) in [6.45, 7) is 5.58. The maximum atomic E-state index is 4.54. The van der Waals surface area contributed by atoms with Gasteiger partial charge in [0.15, 0.2) is 5.96 Å². The molecule has 0 bridgehead atoms. The monoisotopic (exact) mass is 484 g/mol. The summed E-state index contributed by atoms with van der Waals surface area (Å²) in [7, 11) is 5.88. The van der Waals surface area contributed by atoms with Crippen LogP contribution in [0.3, 0.4) is 0 Å². The quantitative estimate of drug-likeness (QED) is 0.376. The molecule has 0 aliphatic carbocycles. The molecular weight excluding hydrogens is 455 g/mol. The van der Waals surface area contributed by atoms with Gasteiger partial charge in [-0.15, -0.1) is 24.0 Å². The molecular formula is C18H29IN8. The van der Waals surface area contributed by atoms with Crippen LogP contribution in [0.1, 0.15) is 11.3 Å². The Morgan fingerprint density at radius 3 is 2.48 bits per heavy atom. The molecule has 9 heteroatoms. The minimum Gasteiger partial charge on any atom is -0.354 e. The van der Waals surface area contributed by atoms with E-state index in [9.17, 15) is 0 Å². The third-order valence-corrected chi connectivity index (χ3v) is 4.68. The number of aryl methyl sites for hydroxylation is 1. The highest BCUT2D eigenvalue weighted by molar-refractivity contribution is 14.0. The molecule has 1 aliphatic rings. The zero-order chi connectivity index (χ0) is 18.4. The second kappa shape index (κ2) is 10.5. The fourth-order valence-electron chi connectivity index (χ4n) is 2.93. The van der Waals surface area contributed by atoms with Gasteiger partial charge in [0.1, 0.15) is 5.82 Å². The Morgan fingerprint density at radius 1 is 1.07 bits per heavy atom. The van der Waals surface area contributed by atoms with Crippen molar-refractivity contribution < 1.29 is 0 Å². The molecule has 0 saturated carbocycles. The number of aliphatic imine (C=N–C) groups is 1. The Kier molecular flexibility index (Phi) is 8.29. The maximum Gasteiger partial charge on any atom is 0.191 e. The standard InChI is InChI=1S/C18H28N8.HI/c1-19-18(22-14-16-5-7-23-25(16)3)21-13-15-4-6-20-17(12-15)26-10-8-24(2)9-11-26;/h4-7,12H,8-11,13-14H2,1-3H3,(H2,19,21,22);1H. The summed E-state index contributed by atoms with van der Waals surface area (Å²) in [5, 5.41) is 10.8. The van der Waals surface area contributed by atoms with Crippen LogP contribution in [-0.2, 0) is 20.1 Å². The first-order valence-electron chi connectivity index (χ1n) is 8.95. The van der Waals surface area contributed by atoms with E-state index >= 15 is 0 Å². The molecule has 2 aromatic rings. The number of hydrogen-bond donors (Lipinski definition) is 2. The van der Waals surface area contributed by atoms with E-state index in [1.54, 1.807) is 13.2 Å². The second-order valence-electron chi connectivity index (χ2n) is 6.54. The van der Waals surface area contributed by atoms with Crippen molar-refractivity contribution >= 4 is 35.8 Å². The predicted octanol–water partition coefficient (Wildman–Crippen LogP) is 1.05. The Hall–Kier alpha value is -1.88. The molecule has 0 spiro atoms. The minimum atomic E-state index is 0. The van der Waals surface area contributed by atoms with Gasteiger partial charge in [0, 0.05) is 59.2 Å². The summed E-state index contributed by atoms with van der Waals surface area (Å²) in [6.07, 6.45) is 3.68. The van der Waals surface area contributed by atoms with Gasteiger partial charge in [-0.2, -0.15) is 5.10 Å². The number of piperazine rings is 1.